The largest absolute Gasteiger partial charge is 0.483 e. The van der Waals surface area contributed by atoms with Gasteiger partial charge in [0, 0.05) is 43.5 Å². The summed E-state index contributed by atoms with van der Waals surface area (Å²) >= 11 is 0. The molecule has 0 bridgehead atoms. The Morgan fingerprint density at radius 1 is 1.17 bits per heavy atom. The molecule has 36 heavy (non-hydrogen) atoms. The Morgan fingerprint density at radius 2 is 1.81 bits per heavy atom. The van der Waals surface area contributed by atoms with E-state index in [4.69, 9.17) is 9.90 Å². The van der Waals surface area contributed by atoms with E-state index < -0.39 is 38.0 Å². The summed E-state index contributed by atoms with van der Waals surface area (Å²) < 4.78 is 88.4. The third kappa shape index (κ3) is 6.51. The number of carboxylic acid groups (broad SMARTS) is 1. The first-order valence-corrected chi connectivity index (χ1v) is 11.9. The minimum atomic E-state index is -4.61. The zero-order chi connectivity index (χ0) is 26.5. The summed E-state index contributed by atoms with van der Waals surface area (Å²) in [6.45, 7) is 1.90. The molecular weight excluding hydrogens is 508 g/mol. The van der Waals surface area contributed by atoms with Crippen LogP contribution in [0.3, 0.4) is 0 Å². The summed E-state index contributed by atoms with van der Waals surface area (Å²) in [6.07, 6.45) is 1.09. The second-order valence-corrected chi connectivity index (χ2v) is 9.77. The van der Waals surface area contributed by atoms with Gasteiger partial charge in [-0.15, -0.1) is 0 Å². The van der Waals surface area contributed by atoms with E-state index in [1.54, 1.807) is 6.07 Å². The van der Waals surface area contributed by atoms with Crippen LogP contribution in [0.25, 0.3) is 0 Å². The molecule has 194 valence electrons. The van der Waals surface area contributed by atoms with Crippen molar-refractivity contribution < 1.29 is 40.4 Å². The van der Waals surface area contributed by atoms with E-state index in [1.165, 1.54) is 25.1 Å². The highest BCUT2D eigenvalue weighted by molar-refractivity contribution is 7.92. The Hall–Kier alpha value is -3.65. The zero-order valence-corrected chi connectivity index (χ0v) is 19.7. The van der Waals surface area contributed by atoms with Gasteiger partial charge in [-0.1, -0.05) is 17.3 Å². The number of hydrogen-bond donors (Lipinski definition) is 3. The lowest BCUT2D eigenvalue weighted by Crippen LogP contribution is -2.56. The van der Waals surface area contributed by atoms with Crippen molar-refractivity contribution in [3.63, 3.8) is 0 Å². The average molecular weight is 531 g/mol. The van der Waals surface area contributed by atoms with Gasteiger partial charge in [0.15, 0.2) is 10.7 Å². The molecule has 0 spiro atoms. The van der Waals surface area contributed by atoms with Crippen molar-refractivity contribution in [2.24, 2.45) is 0 Å². The normalized spacial score (nSPS) is 14.8. The molecule has 14 heteroatoms. The van der Waals surface area contributed by atoms with E-state index in [2.05, 4.69) is 15.0 Å². The molecule has 1 fully saturated rings. The summed E-state index contributed by atoms with van der Waals surface area (Å²) in [5.41, 5.74) is -0.490. The number of halogens is 4. The van der Waals surface area contributed by atoms with Gasteiger partial charge < -0.3 is 14.9 Å². The number of carbonyl (C=O) groups is 1. The fourth-order valence-electron chi connectivity index (χ4n) is 3.75. The Labute approximate surface area is 203 Å². The predicted molar refractivity (Wildman–Crippen MR) is 121 cm³/mol. The quantitative estimate of drug-likeness (QED) is 0.297. The van der Waals surface area contributed by atoms with Crippen LogP contribution in [-0.4, -0.2) is 48.8 Å². The molecule has 0 unspecified atom stereocenters. The third-order valence-corrected chi connectivity index (χ3v) is 6.53. The molecule has 2 aromatic carbocycles. The second kappa shape index (κ2) is 11.0. The van der Waals surface area contributed by atoms with Crippen LogP contribution in [0.4, 0.5) is 29.1 Å². The number of sulfonamides is 1. The van der Waals surface area contributed by atoms with Crippen LogP contribution >= 0.6 is 0 Å². The number of alkyl halides is 1. The molecule has 3 aromatic rings. The number of benzene rings is 2. The van der Waals surface area contributed by atoms with E-state index in [-0.39, 0.29) is 43.2 Å². The Kier molecular flexibility index (Phi) is 8.20. The molecule has 0 saturated carbocycles. The number of nitrogens with zero attached hydrogens (tertiary/aromatic N) is 2. The molecule has 0 radical (unpaired) electrons. The summed E-state index contributed by atoms with van der Waals surface area (Å²) in [5.74, 6) is -3.45. The van der Waals surface area contributed by atoms with Crippen LogP contribution in [0, 0.1) is 17.5 Å². The maximum absolute atomic E-state index is 14.6. The lowest BCUT2D eigenvalue weighted by atomic mass is 9.97. The van der Waals surface area contributed by atoms with Crippen molar-refractivity contribution in [3.8, 4) is 0 Å². The molecule has 1 aliphatic heterocycles. The number of hydrogen-bond acceptors (Lipinski definition) is 7. The number of likely N-dealkylation sites (tertiary alicyclic amines) is 1. The van der Waals surface area contributed by atoms with Gasteiger partial charge >= 0.3 is 0 Å². The molecular formula is C22H22F4N4O5S. The lowest BCUT2D eigenvalue weighted by Gasteiger charge is -2.42. The first kappa shape index (κ1) is 26.9. The van der Waals surface area contributed by atoms with Crippen LogP contribution < -0.4 is 10.0 Å². The van der Waals surface area contributed by atoms with Gasteiger partial charge in [0.25, 0.3) is 16.5 Å². The van der Waals surface area contributed by atoms with Gasteiger partial charge in [0.05, 0.1) is 0 Å². The second-order valence-electron chi connectivity index (χ2n) is 8.15. The van der Waals surface area contributed by atoms with E-state index >= 15 is 0 Å². The van der Waals surface area contributed by atoms with Gasteiger partial charge in [-0.3, -0.25) is 14.4 Å². The van der Waals surface area contributed by atoms with E-state index in [0.717, 1.165) is 18.4 Å². The number of rotatable bonds is 8. The van der Waals surface area contributed by atoms with Crippen molar-refractivity contribution in [1.82, 2.24) is 10.1 Å². The highest BCUT2D eigenvalue weighted by Crippen LogP contribution is 2.29. The number of nitrogens with one attached hydrogen (secondary N) is 2. The van der Waals surface area contributed by atoms with Crippen molar-refractivity contribution >= 4 is 28.0 Å². The molecule has 1 aromatic heterocycles. The molecule has 0 atom stereocenters. The maximum Gasteiger partial charge on any atom is 0.290 e. The predicted octanol–water partition coefficient (Wildman–Crippen LogP) is 3.75. The average Bonchev–Trinajstić information content (AvgIpc) is 3.24. The van der Waals surface area contributed by atoms with Gasteiger partial charge in [0.1, 0.15) is 29.4 Å². The molecule has 1 aliphatic rings. The maximum atomic E-state index is 14.6. The molecule has 4 rings (SSSR count). The monoisotopic (exact) mass is 530 g/mol. The molecule has 3 N–H and O–H groups in total. The smallest absolute Gasteiger partial charge is 0.290 e. The molecule has 2 heterocycles. The zero-order valence-electron chi connectivity index (χ0n) is 18.8. The highest BCUT2D eigenvalue weighted by atomic mass is 32.2. The van der Waals surface area contributed by atoms with Crippen LogP contribution in [0.2, 0.25) is 0 Å². The summed E-state index contributed by atoms with van der Waals surface area (Å²) in [4.78, 5) is 8.99. The van der Waals surface area contributed by atoms with E-state index in [0.29, 0.717) is 12.1 Å². The van der Waals surface area contributed by atoms with Gasteiger partial charge in [0.2, 0.25) is 0 Å². The van der Waals surface area contributed by atoms with Gasteiger partial charge in [-0.2, -0.15) is 0 Å². The van der Waals surface area contributed by atoms with E-state index in [1.807, 2.05) is 9.62 Å². The number of aromatic nitrogens is 1. The fraction of sp³-hybridized carbons (Fsp3) is 0.273. The summed E-state index contributed by atoms with van der Waals surface area (Å²) in [6, 6.07) is 7.24. The van der Waals surface area contributed by atoms with Crippen LogP contribution in [-0.2, 0) is 27.9 Å². The minimum Gasteiger partial charge on any atom is -0.483 e. The summed E-state index contributed by atoms with van der Waals surface area (Å²) in [5, 5.41) is 12.9. The van der Waals surface area contributed by atoms with Gasteiger partial charge in [-0.05, 0) is 30.7 Å². The van der Waals surface area contributed by atoms with Gasteiger partial charge in [-0.25, -0.2) is 26.0 Å². The first-order valence-electron chi connectivity index (χ1n) is 10.4. The molecule has 9 nitrogen and oxygen atoms in total. The van der Waals surface area contributed by atoms with Crippen LogP contribution in [0.5, 0.6) is 0 Å². The van der Waals surface area contributed by atoms with Crippen molar-refractivity contribution in [3.05, 3.63) is 71.2 Å². The Bertz CT molecular complexity index is 1290. The van der Waals surface area contributed by atoms with E-state index in [9.17, 15) is 26.0 Å². The lowest BCUT2D eigenvalue weighted by molar-refractivity contribution is -0.122. The summed E-state index contributed by atoms with van der Waals surface area (Å²) in [7, 11) is -4.61. The third-order valence-electron chi connectivity index (χ3n) is 5.13. The SMILES string of the molecule is CC1(F)CN(Cc2cccc(F)c2CNc2cc(F)c(S(=O)(=O)Nc3ccon3)c(F)c2)C1.O=CO. The Morgan fingerprint density at radius 3 is 2.36 bits per heavy atom. The standard InChI is InChI=1S/C21H20F4N4O3S.CH2O2/c1-21(25)11-29(12-21)10-13-3-2-4-16(22)15(13)9-26-14-7-17(23)20(18(24)8-14)33(30,31)28-19-5-6-32-27-19;2-1-3/h2-8,26H,9-12H2,1H3,(H,27,28);1H,(H,2,3). The Balaban J connectivity index is 0.00000115. The molecule has 0 amide bonds. The van der Waals surface area contributed by atoms with Crippen molar-refractivity contribution in [2.75, 3.05) is 23.1 Å². The first-order chi connectivity index (χ1) is 17.0. The fourth-order valence-corrected chi connectivity index (χ4v) is 4.87. The molecule has 0 aliphatic carbocycles. The van der Waals surface area contributed by atoms with Crippen LogP contribution in [0.15, 0.2) is 52.1 Å². The molecule has 1 saturated heterocycles. The topological polar surface area (TPSA) is 125 Å². The highest BCUT2D eigenvalue weighted by Gasteiger charge is 2.38. The van der Waals surface area contributed by atoms with Crippen molar-refractivity contribution in [2.45, 2.75) is 30.6 Å². The number of anilines is 2. The van der Waals surface area contributed by atoms with Crippen molar-refractivity contribution in [1.29, 1.82) is 0 Å². The van der Waals surface area contributed by atoms with Crippen LogP contribution in [0.1, 0.15) is 18.1 Å². The minimum absolute atomic E-state index is 0.0835.